The Kier molecular flexibility index (Phi) is 5.68. The van der Waals surface area contributed by atoms with E-state index in [0.717, 1.165) is 38.8 Å². The highest BCUT2D eigenvalue weighted by Crippen LogP contribution is 2.35. The fourth-order valence-corrected chi connectivity index (χ4v) is 4.22. The molecule has 1 amide bonds. The van der Waals surface area contributed by atoms with E-state index in [4.69, 9.17) is 9.26 Å². The van der Waals surface area contributed by atoms with Crippen molar-refractivity contribution in [1.82, 2.24) is 25.3 Å². The van der Waals surface area contributed by atoms with Crippen molar-refractivity contribution in [2.45, 2.75) is 50.6 Å². The molecule has 8 nitrogen and oxygen atoms in total. The van der Waals surface area contributed by atoms with Gasteiger partial charge in [-0.25, -0.2) is 0 Å². The first kappa shape index (κ1) is 19.0. The average molecular weight is 385 g/mol. The van der Waals surface area contributed by atoms with Gasteiger partial charge in [0.2, 0.25) is 17.6 Å². The summed E-state index contributed by atoms with van der Waals surface area (Å²) in [5, 5.41) is 7.14. The van der Waals surface area contributed by atoms with Gasteiger partial charge in [0, 0.05) is 19.3 Å². The molecule has 0 spiro atoms. The molecule has 0 radical (unpaired) electrons. The van der Waals surface area contributed by atoms with Gasteiger partial charge in [0.15, 0.2) is 0 Å². The van der Waals surface area contributed by atoms with Crippen LogP contribution in [0.15, 0.2) is 28.9 Å². The van der Waals surface area contributed by atoms with Gasteiger partial charge in [-0.3, -0.25) is 14.7 Å². The number of hydrogen-bond acceptors (Lipinski definition) is 7. The highest BCUT2D eigenvalue weighted by Gasteiger charge is 2.45. The molecule has 2 aromatic rings. The third kappa shape index (κ3) is 3.79. The number of amides is 1. The van der Waals surface area contributed by atoms with Crippen molar-refractivity contribution in [2.75, 3.05) is 26.3 Å². The molecule has 1 aliphatic heterocycles. The number of nitrogens with one attached hydrogen (secondary N) is 1. The van der Waals surface area contributed by atoms with Crippen LogP contribution < -0.4 is 5.32 Å². The number of morpholine rings is 1. The normalized spacial score (nSPS) is 21.2. The van der Waals surface area contributed by atoms with E-state index in [2.05, 4.69) is 25.3 Å². The fourth-order valence-electron chi connectivity index (χ4n) is 4.22. The second-order valence-electron chi connectivity index (χ2n) is 7.56. The van der Waals surface area contributed by atoms with Crippen molar-refractivity contribution < 1.29 is 14.1 Å². The van der Waals surface area contributed by atoms with Crippen molar-refractivity contribution in [1.29, 1.82) is 0 Å². The minimum absolute atomic E-state index is 0.0548. The number of carbonyl (C=O) groups excluding carboxylic acids is 1. The summed E-state index contributed by atoms with van der Waals surface area (Å²) in [6.07, 6.45) is 6.79. The van der Waals surface area contributed by atoms with Gasteiger partial charge in [-0.05, 0) is 31.9 Å². The van der Waals surface area contributed by atoms with Crippen LogP contribution >= 0.6 is 0 Å². The summed E-state index contributed by atoms with van der Waals surface area (Å²) in [4.78, 5) is 24.4. The zero-order valence-corrected chi connectivity index (χ0v) is 16.3. The molecular weight excluding hydrogens is 358 g/mol. The van der Waals surface area contributed by atoms with E-state index in [9.17, 15) is 4.79 Å². The largest absolute Gasteiger partial charge is 0.379 e. The number of nitrogens with zero attached hydrogens (tertiary/aromatic N) is 4. The van der Waals surface area contributed by atoms with E-state index in [0.29, 0.717) is 30.6 Å². The maximum absolute atomic E-state index is 13.4. The van der Waals surface area contributed by atoms with Gasteiger partial charge >= 0.3 is 0 Å². The van der Waals surface area contributed by atoms with E-state index in [1.807, 2.05) is 25.1 Å². The first-order valence-corrected chi connectivity index (χ1v) is 10.1. The summed E-state index contributed by atoms with van der Waals surface area (Å²) in [6.45, 7) is 4.84. The van der Waals surface area contributed by atoms with Crippen LogP contribution in [0.5, 0.6) is 0 Å². The van der Waals surface area contributed by atoms with Gasteiger partial charge in [0.05, 0.1) is 13.2 Å². The van der Waals surface area contributed by atoms with Gasteiger partial charge in [0.25, 0.3) is 0 Å². The number of ether oxygens (including phenoxy) is 1. The first-order chi connectivity index (χ1) is 13.7. The molecule has 28 heavy (non-hydrogen) atoms. The topological polar surface area (TPSA) is 93.4 Å². The van der Waals surface area contributed by atoms with Crippen LogP contribution in [0, 0.1) is 0 Å². The highest BCUT2D eigenvalue weighted by atomic mass is 16.5. The maximum Gasteiger partial charge on any atom is 0.249 e. The third-order valence-electron chi connectivity index (χ3n) is 5.77. The standard InChI is InChI=1S/C20H27N5O3/c1-15(18-23-17(24-28-18)16-7-3-6-10-21-16)22-19(26)20(8-4-2-5-9-20)25-11-13-27-14-12-25/h3,6-7,10,15H,2,4-5,8-9,11-14H2,1H3,(H,22,26)/t15-/m0/s1. The monoisotopic (exact) mass is 385 g/mol. The van der Waals surface area contributed by atoms with Crippen molar-refractivity contribution in [3.63, 3.8) is 0 Å². The molecule has 0 aromatic carbocycles. The quantitative estimate of drug-likeness (QED) is 0.844. The molecule has 2 fully saturated rings. The molecule has 150 valence electrons. The lowest BCUT2D eigenvalue weighted by atomic mass is 9.79. The molecule has 1 saturated carbocycles. The SMILES string of the molecule is C[C@H](NC(=O)C1(N2CCOCC2)CCCCC1)c1nc(-c2ccccn2)no1. The van der Waals surface area contributed by atoms with E-state index in [-0.39, 0.29) is 11.9 Å². The number of aromatic nitrogens is 3. The number of pyridine rings is 1. The Morgan fingerprint density at radius 1 is 1.21 bits per heavy atom. The predicted molar refractivity (Wildman–Crippen MR) is 102 cm³/mol. The number of rotatable bonds is 5. The molecule has 4 rings (SSSR count). The highest BCUT2D eigenvalue weighted by molar-refractivity contribution is 5.86. The molecule has 3 heterocycles. The summed E-state index contributed by atoms with van der Waals surface area (Å²) < 4.78 is 10.9. The van der Waals surface area contributed by atoms with Crippen LogP contribution in [0.25, 0.3) is 11.5 Å². The minimum Gasteiger partial charge on any atom is -0.379 e. The molecule has 0 bridgehead atoms. The Morgan fingerprint density at radius 3 is 2.71 bits per heavy atom. The Hall–Kier alpha value is -2.32. The molecule has 8 heteroatoms. The van der Waals surface area contributed by atoms with Gasteiger partial charge < -0.3 is 14.6 Å². The lowest BCUT2D eigenvalue weighted by Gasteiger charge is -2.46. The molecule has 2 aromatic heterocycles. The molecule has 1 saturated heterocycles. The Balaban J connectivity index is 1.48. The fraction of sp³-hybridized carbons (Fsp3) is 0.600. The van der Waals surface area contributed by atoms with E-state index >= 15 is 0 Å². The van der Waals surface area contributed by atoms with Crippen molar-refractivity contribution >= 4 is 5.91 Å². The maximum atomic E-state index is 13.4. The van der Waals surface area contributed by atoms with Gasteiger partial charge in [0.1, 0.15) is 17.3 Å². The van der Waals surface area contributed by atoms with Crippen molar-refractivity contribution in [3.05, 3.63) is 30.3 Å². The summed E-state index contributed by atoms with van der Waals surface area (Å²) in [5.41, 5.74) is 0.188. The van der Waals surface area contributed by atoms with Crippen LogP contribution in [-0.2, 0) is 9.53 Å². The molecule has 1 atom stereocenters. The van der Waals surface area contributed by atoms with E-state index in [1.165, 1.54) is 6.42 Å². The summed E-state index contributed by atoms with van der Waals surface area (Å²) in [6, 6.07) is 5.17. The number of carbonyl (C=O) groups is 1. The molecule has 1 N–H and O–H groups in total. The molecule has 1 aliphatic carbocycles. The van der Waals surface area contributed by atoms with Crippen LogP contribution in [0.3, 0.4) is 0 Å². The Morgan fingerprint density at radius 2 is 2.00 bits per heavy atom. The van der Waals surface area contributed by atoms with E-state index < -0.39 is 5.54 Å². The predicted octanol–water partition coefficient (Wildman–Crippen LogP) is 2.34. The summed E-state index contributed by atoms with van der Waals surface area (Å²) in [7, 11) is 0. The zero-order valence-electron chi connectivity index (χ0n) is 16.3. The second-order valence-corrected chi connectivity index (χ2v) is 7.56. The van der Waals surface area contributed by atoms with Gasteiger partial charge in [-0.2, -0.15) is 4.98 Å². The van der Waals surface area contributed by atoms with Gasteiger partial charge in [-0.1, -0.05) is 30.5 Å². The zero-order chi connectivity index (χ0) is 19.4. The van der Waals surface area contributed by atoms with Crippen LogP contribution in [-0.4, -0.2) is 57.8 Å². The van der Waals surface area contributed by atoms with Crippen LogP contribution in [0.1, 0.15) is 51.0 Å². The molecule has 2 aliphatic rings. The average Bonchev–Trinajstić information content (AvgIpc) is 3.26. The second kappa shape index (κ2) is 8.36. The van der Waals surface area contributed by atoms with Crippen molar-refractivity contribution in [2.24, 2.45) is 0 Å². The summed E-state index contributed by atoms with van der Waals surface area (Å²) in [5.74, 6) is 0.874. The Labute approximate surface area is 164 Å². The van der Waals surface area contributed by atoms with Gasteiger partial charge in [-0.15, -0.1) is 0 Å². The van der Waals surface area contributed by atoms with Crippen LogP contribution in [0.4, 0.5) is 0 Å². The first-order valence-electron chi connectivity index (χ1n) is 10.1. The number of hydrogen-bond donors (Lipinski definition) is 1. The van der Waals surface area contributed by atoms with Crippen LogP contribution in [0.2, 0.25) is 0 Å². The lowest BCUT2D eigenvalue weighted by molar-refractivity contribution is -0.141. The Bertz CT molecular complexity index is 782. The lowest BCUT2D eigenvalue weighted by Crippen LogP contribution is -2.62. The summed E-state index contributed by atoms with van der Waals surface area (Å²) >= 11 is 0. The van der Waals surface area contributed by atoms with E-state index in [1.54, 1.807) is 6.20 Å². The minimum atomic E-state index is -0.458. The molecule has 0 unspecified atom stereocenters. The smallest absolute Gasteiger partial charge is 0.249 e. The van der Waals surface area contributed by atoms with Crippen molar-refractivity contribution in [3.8, 4) is 11.5 Å². The third-order valence-corrected chi connectivity index (χ3v) is 5.77. The molecular formula is C20H27N5O3.